The quantitative estimate of drug-likeness (QED) is 0.147. The molecule has 0 saturated heterocycles. The van der Waals surface area contributed by atoms with Crippen LogP contribution in [0.3, 0.4) is 0 Å². The van der Waals surface area contributed by atoms with Gasteiger partial charge in [0.25, 0.3) is 0 Å². The van der Waals surface area contributed by atoms with E-state index < -0.39 is 5.41 Å². The molecule has 12 rings (SSSR count). The van der Waals surface area contributed by atoms with Crippen LogP contribution in [0.5, 0.6) is 0 Å². The molecule has 0 heterocycles. The fraction of sp³-hybridized carbons (Fsp3) is 0.0469. The van der Waals surface area contributed by atoms with Gasteiger partial charge < -0.3 is 0 Å². The molecule has 0 radical (unpaired) electrons. The lowest BCUT2D eigenvalue weighted by atomic mass is 9.70. The third-order valence-corrected chi connectivity index (χ3v) is 13.9. The third-order valence-electron chi connectivity index (χ3n) is 13.9. The summed E-state index contributed by atoms with van der Waals surface area (Å²) in [6, 6.07) is 82.8. The van der Waals surface area contributed by atoms with Gasteiger partial charge in [0.2, 0.25) is 0 Å². The molecule has 9 aromatic carbocycles. The SMILES string of the molecule is CC1=C(\c2ccc(-c3ccccc3)cc2)CC=C=C(c2ccc(-c3ccc4c(c3)C3(c5ccccc5-c5ccccc53)c3ccccc3-4)c(-c3ccccc3)c2)/C=C\1c1ccccc1. The van der Waals surface area contributed by atoms with Gasteiger partial charge in [-0.05, 0) is 149 Å². The first-order chi connectivity index (χ1) is 31.7. The number of allylic oxidation sites excluding steroid dienone is 5. The first-order valence-corrected chi connectivity index (χ1v) is 22.4. The van der Waals surface area contributed by atoms with E-state index in [0.717, 1.165) is 17.6 Å². The maximum Gasteiger partial charge on any atom is 0.0725 e. The second kappa shape index (κ2) is 15.4. The predicted molar refractivity (Wildman–Crippen MR) is 269 cm³/mol. The summed E-state index contributed by atoms with van der Waals surface area (Å²) in [5, 5.41) is 0. The Bertz CT molecular complexity index is 3340. The Balaban J connectivity index is 1.00. The highest BCUT2D eigenvalue weighted by Crippen LogP contribution is 2.63. The summed E-state index contributed by atoms with van der Waals surface area (Å²) in [5.74, 6) is 0. The normalized spacial score (nSPS) is 16.1. The van der Waals surface area contributed by atoms with Gasteiger partial charge in [0.05, 0.1) is 5.41 Å². The van der Waals surface area contributed by atoms with Crippen molar-refractivity contribution in [3.8, 4) is 55.6 Å². The van der Waals surface area contributed by atoms with E-state index in [2.05, 4.69) is 249 Å². The molecule has 0 nitrogen and oxygen atoms in total. The number of rotatable bonds is 6. The summed E-state index contributed by atoms with van der Waals surface area (Å²) >= 11 is 0. The lowest BCUT2D eigenvalue weighted by Crippen LogP contribution is -2.25. The zero-order chi connectivity index (χ0) is 42.6. The van der Waals surface area contributed by atoms with Crippen LogP contribution in [0.4, 0.5) is 0 Å². The van der Waals surface area contributed by atoms with Crippen LogP contribution in [0.25, 0.3) is 72.4 Å². The lowest BCUT2D eigenvalue weighted by Gasteiger charge is -2.30. The summed E-state index contributed by atoms with van der Waals surface area (Å²) in [6.45, 7) is 2.29. The van der Waals surface area contributed by atoms with Crippen molar-refractivity contribution in [3.63, 3.8) is 0 Å². The average molecular weight is 813 g/mol. The van der Waals surface area contributed by atoms with E-state index in [-0.39, 0.29) is 0 Å². The highest BCUT2D eigenvalue weighted by molar-refractivity contribution is 5.99. The second-order valence-electron chi connectivity index (χ2n) is 17.2. The van der Waals surface area contributed by atoms with Gasteiger partial charge in [0.1, 0.15) is 0 Å². The Morgan fingerprint density at radius 3 is 1.41 bits per heavy atom. The van der Waals surface area contributed by atoms with Crippen molar-refractivity contribution in [1.82, 2.24) is 0 Å². The van der Waals surface area contributed by atoms with Crippen LogP contribution in [-0.4, -0.2) is 0 Å². The van der Waals surface area contributed by atoms with Gasteiger partial charge in [-0.3, -0.25) is 0 Å². The van der Waals surface area contributed by atoms with Gasteiger partial charge in [-0.25, -0.2) is 0 Å². The van der Waals surface area contributed by atoms with E-state index in [1.54, 1.807) is 0 Å². The molecule has 0 bridgehead atoms. The maximum absolute atomic E-state index is 3.81. The molecule has 3 aliphatic carbocycles. The molecular weight excluding hydrogens is 769 g/mol. The number of fused-ring (bicyclic) bond motifs is 10. The highest BCUT2D eigenvalue weighted by atomic mass is 14.5. The van der Waals surface area contributed by atoms with Crippen LogP contribution in [0.15, 0.2) is 248 Å². The number of hydrogen-bond acceptors (Lipinski definition) is 0. The number of benzene rings is 9. The second-order valence-corrected chi connectivity index (χ2v) is 17.2. The van der Waals surface area contributed by atoms with Crippen molar-refractivity contribution in [3.05, 3.63) is 287 Å². The monoisotopic (exact) mass is 812 g/mol. The molecule has 9 aromatic rings. The van der Waals surface area contributed by atoms with Crippen molar-refractivity contribution >= 4 is 16.7 Å². The molecule has 0 saturated carbocycles. The summed E-state index contributed by atoms with van der Waals surface area (Å²) in [5.41, 5.74) is 29.8. The van der Waals surface area contributed by atoms with E-state index in [1.165, 1.54) is 106 Å². The topological polar surface area (TPSA) is 0 Å². The van der Waals surface area contributed by atoms with Gasteiger partial charge >= 0.3 is 0 Å². The lowest BCUT2D eigenvalue weighted by molar-refractivity contribution is 0.794. The van der Waals surface area contributed by atoms with Crippen molar-refractivity contribution < 1.29 is 0 Å². The first kappa shape index (κ1) is 37.7. The molecule has 0 atom stereocenters. The minimum absolute atomic E-state index is 0.400. The standard InChI is InChI=1S/C64H44/c1-43-52(48-34-32-45(33-35-48)44-18-5-2-6-19-44)28-17-24-49(40-58(43)46-20-7-3-8-21-46)50-36-38-53(59(41-50)47-22-9-4-10-23-47)51-37-39-57-56-27-13-16-31-62(56)64(63(57)42-51)60-29-14-11-25-54(60)55-26-12-15-30-61(55)64/h2-23,25-27,29-42H,28H2,1H3/b52-43+,58-40+. The molecule has 300 valence electrons. The molecule has 0 heteroatoms. The van der Waals surface area contributed by atoms with E-state index in [4.69, 9.17) is 0 Å². The predicted octanol–water partition coefficient (Wildman–Crippen LogP) is 16.5. The van der Waals surface area contributed by atoms with Gasteiger partial charge in [-0.15, -0.1) is 5.73 Å². The molecule has 3 aliphatic rings. The Morgan fingerprint density at radius 1 is 0.344 bits per heavy atom. The fourth-order valence-corrected chi connectivity index (χ4v) is 10.9. The van der Waals surface area contributed by atoms with Crippen molar-refractivity contribution in [1.29, 1.82) is 0 Å². The summed E-state index contributed by atoms with van der Waals surface area (Å²) in [6.07, 6.45) is 5.36. The van der Waals surface area contributed by atoms with E-state index in [0.29, 0.717) is 0 Å². The van der Waals surface area contributed by atoms with E-state index in [9.17, 15) is 0 Å². The Labute approximate surface area is 376 Å². The van der Waals surface area contributed by atoms with Crippen LogP contribution >= 0.6 is 0 Å². The molecular formula is C64H44. The van der Waals surface area contributed by atoms with E-state index >= 15 is 0 Å². The van der Waals surface area contributed by atoms with Gasteiger partial charge in [0, 0.05) is 5.57 Å². The Kier molecular flexibility index (Phi) is 9.08. The molecule has 0 fully saturated rings. The first-order valence-electron chi connectivity index (χ1n) is 22.4. The van der Waals surface area contributed by atoms with Crippen LogP contribution in [0.1, 0.15) is 52.3 Å². The molecule has 1 spiro atoms. The van der Waals surface area contributed by atoms with E-state index in [1.807, 2.05) is 0 Å². The number of hydrogen-bond donors (Lipinski definition) is 0. The smallest absolute Gasteiger partial charge is 0.0725 e. The molecule has 0 N–H and O–H groups in total. The average Bonchev–Trinajstić information content (AvgIpc) is 3.83. The van der Waals surface area contributed by atoms with Gasteiger partial charge in [-0.2, -0.15) is 0 Å². The van der Waals surface area contributed by atoms with Crippen molar-refractivity contribution in [2.45, 2.75) is 18.8 Å². The van der Waals surface area contributed by atoms with Crippen LogP contribution in [0, 0.1) is 0 Å². The van der Waals surface area contributed by atoms with Crippen LogP contribution < -0.4 is 0 Å². The molecule has 0 amide bonds. The third kappa shape index (κ3) is 5.99. The molecule has 0 aromatic heterocycles. The largest absolute Gasteiger partial charge is 0.116 e. The Hall–Kier alpha value is -8.02. The fourth-order valence-electron chi connectivity index (χ4n) is 10.9. The minimum atomic E-state index is -0.400. The zero-order valence-electron chi connectivity index (χ0n) is 35.7. The maximum atomic E-state index is 3.81. The minimum Gasteiger partial charge on any atom is -0.116 e. The van der Waals surface area contributed by atoms with Crippen LogP contribution in [0.2, 0.25) is 0 Å². The molecule has 0 unspecified atom stereocenters. The van der Waals surface area contributed by atoms with Crippen molar-refractivity contribution in [2.24, 2.45) is 0 Å². The van der Waals surface area contributed by atoms with Crippen molar-refractivity contribution in [2.75, 3.05) is 0 Å². The van der Waals surface area contributed by atoms with Gasteiger partial charge in [0.15, 0.2) is 0 Å². The molecule has 0 aliphatic heterocycles. The Morgan fingerprint density at radius 2 is 0.797 bits per heavy atom. The summed E-state index contributed by atoms with van der Waals surface area (Å²) in [4.78, 5) is 0. The van der Waals surface area contributed by atoms with Gasteiger partial charge in [-0.1, -0.05) is 212 Å². The highest BCUT2D eigenvalue weighted by Gasteiger charge is 2.51. The van der Waals surface area contributed by atoms with Crippen LogP contribution in [-0.2, 0) is 5.41 Å². The summed E-state index contributed by atoms with van der Waals surface area (Å²) < 4.78 is 0. The zero-order valence-corrected chi connectivity index (χ0v) is 35.7. The molecule has 64 heavy (non-hydrogen) atoms. The summed E-state index contributed by atoms with van der Waals surface area (Å²) in [7, 11) is 0.